The molecule has 0 radical (unpaired) electrons. The zero-order chi connectivity index (χ0) is 14.5. The fourth-order valence-corrected chi connectivity index (χ4v) is 2.75. The molecule has 2 rings (SSSR count). The van der Waals surface area contributed by atoms with Gasteiger partial charge in [0.1, 0.15) is 6.07 Å². The lowest BCUT2D eigenvalue weighted by Crippen LogP contribution is -2.27. The number of anilines is 1. The van der Waals surface area contributed by atoms with E-state index in [2.05, 4.69) is 17.2 Å². The standard InChI is InChI=1S/C14H18N4O2/c1-2-10-4-3-5-12(6-10)17-14-13(18(19)20)7-11(8-15)9-16-14/h7,9-10,12H,2-6H2,1H3,(H,16,17). The number of hydrogen-bond donors (Lipinski definition) is 1. The molecule has 1 fully saturated rings. The van der Waals surface area contributed by atoms with Crippen LogP contribution in [0.4, 0.5) is 11.5 Å². The Morgan fingerprint density at radius 2 is 2.40 bits per heavy atom. The molecule has 1 heterocycles. The van der Waals surface area contributed by atoms with Crippen molar-refractivity contribution in [3.8, 4) is 6.07 Å². The normalized spacial score (nSPS) is 22.0. The number of pyridine rings is 1. The summed E-state index contributed by atoms with van der Waals surface area (Å²) in [4.78, 5) is 14.6. The quantitative estimate of drug-likeness (QED) is 0.672. The summed E-state index contributed by atoms with van der Waals surface area (Å²) in [5, 5.41) is 23.0. The van der Waals surface area contributed by atoms with E-state index in [1.54, 1.807) is 0 Å². The molecule has 1 aliphatic rings. The first-order chi connectivity index (χ1) is 9.63. The van der Waals surface area contributed by atoms with Gasteiger partial charge in [-0.2, -0.15) is 5.26 Å². The Kier molecular flexibility index (Phi) is 4.51. The molecule has 0 amide bonds. The van der Waals surface area contributed by atoms with Crippen LogP contribution in [0.3, 0.4) is 0 Å². The molecular weight excluding hydrogens is 256 g/mol. The van der Waals surface area contributed by atoms with Gasteiger partial charge in [0, 0.05) is 18.3 Å². The van der Waals surface area contributed by atoms with Crippen LogP contribution in [0.1, 0.15) is 44.6 Å². The maximum atomic E-state index is 11.1. The summed E-state index contributed by atoms with van der Waals surface area (Å²) in [6, 6.07) is 3.38. The summed E-state index contributed by atoms with van der Waals surface area (Å²) in [5.41, 5.74) is 0.0833. The molecule has 0 aliphatic heterocycles. The third-order valence-corrected chi connectivity index (χ3v) is 3.89. The Balaban J connectivity index is 2.16. The van der Waals surface area contributed by atoms with Crippen LogP contribution in [-0.4, -0.2) is 15.9 Å². The van der Waals surface area contributed by atoms with Crippen LogP contribution in [0.5, 0.6) is 0 Å². The third kappa shape index (κ3) is 3.23. The van der Waals surface area contributed by atoms with Gasteiger partial charge >= 0.3 is 5.69 Å². The molecule has 1 N–H and O–H groups in total. The molecule has 0 saturated heterocycles. The highest BCUT2D eigenvalue weighted by molar-refractivity contribution is 5.58. The second-order valence-electron chi connectivity index (χ2n) is 5.24. The van der Waals surface area contributed by atoms with Crippen LogP contribution in [0.25, 0.3) is 0 Å². The SMILES string of the molecule is CCC1CCCC(Nc2ncc(C#N)cc2[N+](=O)[O-])C1. The first-order valence-electron chi connectivity index (χ1n) is 6.95. The molecule has 6 nitrogen and oxygen atoms in total. The van der Waals surface area contributed by atoms with E-state index in [9.17, 15) is 10.1 Å². The largest absolute Gasteiger partial charge is 0.362 e. The van der Waals surface area contributed by atoms with Crippen molar-refractivity contribution in [1.82, 2.24) is 4.98 Å². The lowest BCUT2D eigenvalue weighted by atomic mass is 9.84. The van der Waals surface area contributed by atoms with Crippen molar-refractivity contribution in [1.29, 1.82) is 5.26 Å². The minimum absolute atomic E-state index is 0.123. The monoisotopic (exact) mass is 274 g/mol. The van der Waals surface area contributed by atoms with E-state index in [0.29, 0.717) is 5.92 Å². The zero-order valence-electron chi connectivity index (χ0n) is 11.5. The van der Waals surface area contributed by atoms with E-state index >= 15 is 0 Å². The third-order valence-electron chi connectivity index (χ3n) is 3.89. The summed E-state index contributed by atoms with van der Waals surface area (Å²) >= 11 is 0. The number of nitrogens with zero attached hydrogens (tertiary/aromatic N) is 3. The molecule has 106 valence electrons. The summed E-state index contributed by atoms with van der Waals surface area (Å²) in [6.07, 6.45) is 6.92. The first-order valence-corrected chi connectivity index (χ1v) is 6.95. The van der Waals surface area contributed by atoms with Gasteiger partial charge in [-0.15, -0.1) is 0 Å². The summed E-state index contributed by atoms with van der Waals surface area (Å²) in [6.45, 7) is 2.18. The van der Waals surface area contributed by atoms with E-state index in [1.807, 2.05) is 6.07 Å². The highest BCUT2D eigenvalue weighted by atomic mass is 16.6. The smallest absolute Gasteiger partial charge is 0.312 e. The molecule has 0 spiro atoms. The van der Waals surface area contributed by atoms with Gasteiger partial charge in [0.25, 0.3) is 0 Å². The van der Waals surface area contributed by atoms with E-state index in [-0.39, 0.29) is 23.1 Å². The Morgan fingerprint density at radius 3 is 3.05 bits per heavy atom. The molecule has 2 atom stereocenters. The van der Waals surface area contributed by atoms with Gasteiger partial charge in [-0.3, -0.25) is 10.1 Å². The topological polar surface area (TPSA) is 91.8 Å². The second kappa shape index (κ2) is 6.33. The molecule has 1 aliphatic carbocycles. The van der Waals surface area contributed by atoms with Crippen molar-refractivity contribution in [3.05, 3.63) is 27.9 Å². The van der Waals surface area contributed by atoms with Crippen molar-refractivity contribution in [2.75, 3.05) is 5.32 Å². The van der Waals surface area contributed by atoms with Gasteiger partial charge < -0.3 is 5.32 Å². The number of aromatic nitrogens is 1. The molecule has 1 aromatic rings. The fraction of sp³-hybridized carbons (Fsp3) is 0.571. The van der Waals surface area contributed by atoms with Crippen LogP contribution < -0.4 is 5.32 Å². The predicted molar refractivity (Wildman–Crippen MR) is 75.3 cm³/mol. The van der Waals surface area contributed by atoms with Crippen molar-refractivity contribution in [2.24, 2.45) is 5.92 Å². The summed E-state index contributed by atoms with van der Waals surface area (Å²) in [5.74, 6) is 0.953. The Morgan fingerprint density at radius 1 is 1.60 bits per heavy atom. The van der Waals surface area contributed by atoms with Gasteiger partial charge in [0.05, 0.1) is 10.5 Å². The van der Waals surface area contributed by atoms with Crippen LogP contribution in [-0.2, 0) is 0 Å². The van der Waals surface area contributed by atoms with Crippen LogP contribution in [0.2, 0.25) is 0 Å². The molecule has 20 heavy (non-hydrogen) atoms. The van der Waals surface area contributed by atoms with E-state index in [4.69, 9.17) is 5.26 Å². The Bertz CT molecular complexity index is 538. The van der Waals surface area contributed by atoms with Crippen LogP contribution in [0.15, 0.2) is 12.3 Å². The van der Waals surface area contributed by atoms with Gasteiger partial charge in [-0.05, 0) is 18.8 Å². The van der Waals surface area contributed by atoms with Crippen LogP contribution >= 0.6 is 0 Å². The lowest BCUT2D eigenvalue weighted by Gasteiger charge is -2.29. The van der Waals surface area contributed by atoms with E-state index in [1.165, 1.54) is 18.7 Å². The zero-order valence-corrected chi connectivity index (χ0v) is 11.5. The maximum Gasteiger partial charge on any atom is 0.312 e. The van der Waals surface area contributed by atoms with Crippen molar-refractivity contribution in [2.45, 2.75) is 45.1 Å². The molecule has 0 aromatic carbocycles. The second-order valence-corrected chi connectivity index (χ2v) is 5.24. The van der Waals surface area contributed by atoms with E-state index < -0.39 is 4.92 Å². The molecular formula is C14H18N4O2. The van der Waals surface area contributed by atoms with Gasteiger partial charge in [-0.1, -0.05) is 26.2 Å². The predicted octanol–water partition coefficient (Wildman–Crippen LogP) is 3.24. The fourth-order valence-electron chi connectivity index (χ4n) is 2.75. The van der Waals surface area contributed by atoms with Gasteiger partial charge in [-0.25, -0.2) is 4.98 Å². The highest BCUT2D eigenvalue weighted by Gasteiger charge is 2.24. The number of nitrogens with one attached hydrogen (secondary N) is 1. The Hall–Kier alpha value is -2.16. The average molecular weight is 274 g/mol. The average Bonchev–Trinajstić information content (AvgIpc) is 2.47. The molecule has 2 unspecified atom stereocenters. The maximum absolute atomic E-state index is 11.1. The van der Waals surface area contributed by atoms with Crippen molar-refractivity contribution in [3.63, 3.8) is 0 Å². The number of nitro groups is 1. The molecule has 1 aromatic heterocycles. The number of nitriles is 1. The minimum atomic E-state index is -0.490. The Labute approximate surface area is 118 Å². The highest BCUT2D eigenvalue weighted by Crippen LogP contribution is 2.30. The number of rotatable bonds is 4. The number of hydrogen-bond acceptors (Lipinski definition) is 5. The lowest BCUT2D eigenvalue weighted by molar-refractivity contribution is -0.384. The van der Waals surface area contributed by atoms with Gasteiger partial charge in [0.2, 0.25) is 5.82 Å². The van der Waals surface area contributed by atoms with Crippen molar-refractivity contribution >= 4 is 11.5 Å². The van der Waals surface area contributed by atoms with E-state index in [0.717, 1.165) is 25.7 Å². The first kappa shape index (κ1) is 14.3. The summed E-state index contributed by atoms with van der Waals surface area (Å²) < 4.78 is 0. The molecule has 6 heteroatoms. The van der Waals surface area contributed by atoms with Gasteiger partial charge in [0.15, 0.2) is 0 Å². The molecule has 1 saturated carbocycles. The summed E-state index contributed by atoms with van der Waals surface area (Å²) in [7, 11) is 0. The van der Waals surface area contributed by atoms with Crippen LogP contribution in [0, 0.1) is 27.4 Å². The van der Waals surface area contributed by atoms with Crippen molar-refractivity contribution < 1.29 is 4.92 Å². The minimum Gasteiger partial charge on any atom is -0.362 e. The molecule has 0 bridgehead atoms.